The molecule has 2 N–H and O–H groups in total. The Kier molecular flexibility index (Phi) is 5.01. The van der Waals surface area contributed by atoms with Crippen molar-refractivity contribution in [1.82, 2.24) is 15.0 Å². The second-order valence-corrected chi connectivity index (χ2v) is 3.91. The lowest BCUT2D eigenvalue weighted by Crippen LogP contribution is -2.16. The standard InChI is InChI=1S/C11H20N4/c1-3-5-6-9(4-2)7-10-13-8-14-11(12)15-10/h8-9H,3-7H2,1-2H3,(H2,12,13,14,15). The number of hydrogen-bond acceptors (Lipinski definition) is 3. The van der Waals surface area contributed by atoms with Crippen LogP contribution in [0.15, 0.2) is 6.33 Å². The van der Waals surface area contributed by atoms with Crippen molar-refractivity contribution in [2.75, 3.05) is 0 Å². The molecule has 0 fully saturated rings. The molecule has 1 rings (SSSR count). The highest BCUT2D eigenvalue weighted by Crippen LogP contribution is 2.15. The first kappa shape index (κ1) is 11.9. The van der Waals surface area contributed by atoms with Gasteiger partial charge in [0.25, 0.3) is 0 Å². The SMILES string of the molecule is CCCCC(CC)Cc1ncnc(=N)[nH]1. The molecule has 0 saturated heterocycles. The van der Waals surface area contributed by atoms with Crippen LogP contribution in [-0.4, -0.2) is 15.0 Å². The van der Waals surface area contributed by atoms with Crippen molar-refractivity contribution in [3.05, 3.63) is 17.8 Å². The largest absolute Gasteiger partial charge is 0.313 e. The van der Waals surface area contributed by atoms with E-state index in [1.165, 1.54) is 32.0 Å². The van der Waals surface area contributed by atoms with E-state index in [4.69, 9.17) is 5.41 Å². The molecule has 84 valence electrons. The lowest BCUT2D eigenvalue weighted by atomic mass is 9.95. The summed E-state index contributed by atoms with van der Waals surface area (Å²) in [6, 6.07) is 0. The predicted octanol–water partition coefficient (Wildman–Crippen LogP) is 2.04. The maximum Gasteiger partial charge on any atom is 0.222 e. The summed E-state index contributed by atoms with van der Waals surface area (Å²) >= 11 is 0. The van der Waals surface area contributed by atoms with E-state index in [0.717, 1.165) is 12.2 Å². The highest BCUT2D eigenvalue weighted by molar-refractivity contribution is 4.83. The van der Waals surface area contributed by atoms with E-state index in [1.807, 2.05) is 0 Å². The zero-order valence-electron chi connectivity index (χ0n) is 9.58. The van der Waals surface area contributed by atoms with Crippen LogP contribution in [0, 0.1) is 11.3 Å². The normalized spacial score (nSPS) is 12.7. The fourth-order valence-corrected chi connectivity index (χ4v) is 1.68. The average Bonchev–Trinajstić information content (AvgIpc) is 2.24. The number of hydrogen-bond donors (Lipinski definition) is 2. The summed E-state index contributed by atoms with van der Waals surface area (Å²) in [6.07, 6.45) is 7.33. The molecule has 1 aromatic heterocycles. The second-order valence-electron chi connectivity index (χ2n) is 3.91. The van der Waals surface area contributed by atoms with Gasteiger partial charge in [-0.3, -0.25) is 5.41 Å². The first-order valence-electron chi connectivity index (χ1n) is 5.71. The molecule has 0 aliphatic heterocycles. The van der Waals surface area contributed by atoms with Gasteiger partial charge >= 0.3 is 0 Å². The van der Waals surface area contributed by atoms with Crippen molar-refractivity contribution in [2.45, 2.75) is 46.0 Å². The van der Waals surface area contributed by atoms with Gasteiger partial charge in [-0.25, -0.2) is 9.97 Å². The molecule has 0 amide bonds. The van der Waals surface area contributed by atoms with Gasteiger partial charge in [-0.05, 0) is 5.92 Å². The third-order valence-corrected chi connectivity index (χ3v) is 2.69. The summed E-state index contributed by atoms with van der Waals surface area (Å²) in [7, 11) is 0. The summed E-state index contributed by atoms with van der Waals surface area (Å²) in [5, 5.41) is 7.37. The summed E-state index contributed by atoms with van der Waals surface area (Å²) in [5.74, 6) is 1.56. The molecule has 0 aromatic carbocycles. The third-order valence-electron chi connectivity index (χ3n) is 2.69. The number of unbranched alkanes of at least 4 members (excludes halogenated alkanes) is 1. The number of nitrogens with one attached hydrogen (secondary N) is 2. The fraction of sp³-hybridized carbons (Fsp3) is 0.727. The van der Waals surface area contributed by atoms with Crippen molar-refractivity contribution >= 4 is 0 Å². The Balaban J connectivity index is 2.54. The molecular formula is C11H20N4. The Morgan fingerprint density at radius 3 is 2.80 bits per heavy atom. The molecular weight excluding hydrogens is 188 g/mol. The van der Waals surface area contributed by atoms with E-state index in [-0.39, 0.29) is 5.62 Å². The smallest absolute Gasteiger partial charge is 0.222 e. The molecule has 4 nitrogen and oxygen atoms in total. The minimum absolute atomic E-state index is 0.199. The molecule has 1 unspecified atom stereocenters. The molecule has 0 aliphatic carbocycles. The van der Waals surface area contributed by atoms with Gasteiger partial charge in [0.2, 0.25) is 5.62 Å². The molecule has 0 aliphatic rings. The zero-order chi connectivity index (χ0) is 11.1. The van der Waals surface area contributed by atoms with Crippen LogP contribution in [0.25, 0.3) is 0 Å². The summed E-state index contributed by atoms with van der Waals surface area (Å²) in [5.41, 5.74) is 0.199. The van der Waals surface area contributed by atoms with E-state index in [2.05, 4.69) is 28.8 Å². The number of H-pyrrole nitrogens is 1. The maximum absolute atomic E-state index is 7.37. The summed E-state index contributed by atoms with van der Waals surface area (Å²) in [6.45, 7) is 4.43. The van der Waals surface area contributed by atoms with E-state index >= 15 is 0 Å². The molecule has 4 heteroatoms. The monoisotopic (exact) mass is 208 g/mol. The molecule has 1 aromatic rings. The first-order chi connectivity index (χ1) is 7.26. The molecule has 0 saturated carbocycles. The van der Waals surface area contributed by atoms with E-state index < -0.39 is 0 Å². The van der Waals surface area contributed by atoms with Crippen LogP contribution in [0.5, 0.6) is 0 Å². The number of aromatic amines is 1. The number of rotatable bonds is 6. The van der Waals surface area contributed by atoms with Crippen LogP contribution in [0.4, 0.5) is 0 Å². The van der Waals surface area contributed by atoms with E-state index in [9.17, 15) is 0 Å². The molecule has 0 spiro atoms. The lowest BCUT2D eigenvalue weighted by Gasteiger charge is -2.12. The van der Waals surface area contributed by atoms with Gasteiger partial charge < -0.3 is 4.98 Å². The Morgan fingerprint density at radius 1 is 1.40 bits per heavy atom. The number of aromatic nitrogens is 3. The Morgan fingerprint density at radius 2 is 2.20 bits per heavy atom. The molecule has 0 bridgehead atoms. The topological polar surface area (TPSA) is 65.4 Å². The van der Waals surface area contributed by atoms with Gasteiger partial charge in [-0.1, -0.05) is 39.5 Å². The van der Waals surface area contributed by atoms with Crippen LogP contribution < -0.4 is 5.62 Å². The molecule has 0 radical (unpaired) electrons. The van der Waals surface area contributed by atoms with Gasteiger partial charge in [0.15, 0.2) is 0 Å². The Bertz CT molecular complexity index is 331. The van der Waals surface area contributed by atoms with E-state index in [0.29, 0.717) is 5.92 Å². The third kappa shape index (κ3) is 4.23. The average molecular weight is 208 g/mol. The van der Waals surface area contributed by atoms with Crippen LogP contribution in [0.3, 0.4) is 0 Å². The zero-order valence-corrected chi connectivity index (χ0v) is 9.58. The van der Waals surface area contributed by atoms with Crippen LogP contribution >= 0.6 is 0 Å². The van der Waals surface area contributed by atoms with Gasteiger partial charge in [0, 0.05) is 6.42 Å². The molecule has 1 atom stereocenters. The number of nitrogens with zero attached hydrogens (tertiary/aromatic N) is 2. The second kappa shape index (κ2) is 6.32. The minimum Gasteiger partial charge on any atom is -0.313 e. The highest BCUT2D eigenvalue weighted by atomic mass is 15.0. The van der Waals surface area contributed by atoms with Crippen molar-refractivity contribution in [3.8, 4) is 0 Å². The maximum atomic E-state index is 7.37. The summed E-state index contributed by atoms with van der Waals surface area (Å²) in [4.78, 5) is 10.8. The van der Waals surface area contributed by atoms with Crippen molar-refractivity contribution in [3.63, 3.8) is 0 Å². The van der Waals surface area contributed by atoms with Crippen LogP contribution in [0.2, 0.25) is 0 Å². The van der Waals surface area contributed by atoms with Gasteiger partial charge in [0.1, 0.15) is 12.2 Å². The van der Waals surface area contributed by atoms with Gasteiger partial charge in [-0.2, -0.15) is 0 Å². The van der Waals surface area contributed by atoms with Crippen molar-refractivity contribution < 1.29 is 0 Å². The minimum atomic E-state index is 0.199. The van der Waals surface area contributed by atoms with Crippen LogP contribution in [0.1, 0.15) is 45.4 Å². The molecule has 1 heterocycles. The predicted molar refractivity (Wildman–Crippen MR) is 59.2 cm³/mol. The highest BCUT2D eigenvalue weighted by Gasteiger charge is 2.08. The van der Waals surface area contributed by atoms with Crippen molar-refractivity contribution in [1.29, 1.82) is 5.41 Å². The van der Waals surface area contributed by atoms with Crippen molar-refractivity contribution in [2.24, 2.45) is 5.92 Å². The van der Waals surface area contributed by atoms with Gasteiger partial charge in [0.05, 0.1) is 0 Å². The van der Waals surface area contributed by atoms with Crippen LogP contribution in [-0.2, 0) is 6.42 Å². The first-order valence-corrected chi connectivity index (χ1v) is 5.71. The Labute approximate surface area is 90.7 Å². The quantitative estimate of drug-likeness (QED) is 0.751. The van der Waals surface area contributed by atoms with E-state index in [1.54, 1.807) is 0 Å². The summed E-state index contributed by atoms with van der Waals surface area (Å²) < 4.78 is 0. The Hall–Kier alpha value is -1.19. The lowest BCUT2D eigenvalue weighted by molar-refractivity contribution is 0.438. The fourth-order valence-electron chi connectivity index (χ4n) is 1.68. The van der Waals surface area contributed by atoms with Gasteiger partial charge in [-0.15, -0.1) is 0 Å². The molecule has 15 heavy (non-hydrogen) atoms.